The van der Waals surface area contributed by atoms with Gasteiger partial charge in [-0.1, -0.05) is 6.07 Å². The van der Waals surface area contributed by atoms with E-state index >= 15 is 0 Å². The number of hydrogen-bond donors (Lipinski definition) is 0. The van der Waals surface area contributed by atoms with Crippen LogP contribution in [0.15, 0.2) is 47.4 Å². The van der Waals surface area contributed by atoms with Gasteiger partial charge in [0.05, 0.1) is 16.2 Å². The maximum atomic E-state index is 13.4. The summed E-state index contributed by atoms with van der Waals surface area (Å²) < 4.78 is 26.8. The van der Waals surface area contributed by atoms with E-state index in [4.69, 9.17) is 0 Å². The zero-order valence-electron chi connectivity index (χ0n) is 10.6. The van der Waals surface area contributed by atoms with Crippen molar-refractivity contribution in [1.29, 1.82) is 0 Å². The predicted molar refractivity (Wildman–Crippen MR) is 74.5 cm³/mol. The lowest BCUT2D eigenvalue weighted by molar-refractivity contribution is -0.384. The summed E-state index contributed by atoms with van der Waals surface area (Å²) in [6.45, 7) is 0. The third kappa shape index (κ3) is 3.63. The molecular formula is C14H9F2NO3S. The molecule has 0 saturated heterocycles. The number of halogens is 2. The molecule has 7 heteroatoms. The maximum absolute atomic E-state index is 13.4. The SMILES string of the molecule is O=C(CSc1ccc([N+](=O)[O-])cc1)c1c(F)cccc1F. The molecule has 21 heavy (non-hydrogen) atoms. The second-order valence-electron chi connectivity index (χ2n) is 4.06. The van der Waals surface area contributed by atoms with Crippen molar-refractivity contribution in [3.05, 3.63) is 69.8 Å². The highest BCUT2D eigenvalue weighted by Gasteiger charge is 2.17. The average molecular weight is 309 g/mol. The van der Waals surface area contributed by atoms with Crippen molar-refractivity contribution in [2.24, 2.45) is 0 Å². The minimum Gasteiger partial charge on any atom is -0.293 e. The first-order valence-electron chi connectivity index (χ1n) is 5.83. The third-order valence-corrected chi connectivity index (χ3v) is 3.67. The van der Waals surface area contributed by atoms with Crippen LogP contribution in [-0.2, 0) is 0 Å². The molecule has 0 spiro atoms. The van der Waals surface area contributed by atoms with Gasteiger partial charge in [0.1, 0.15) is 11.6 Å². The Hall–Kier alpha value is -2.28. The molecule has 0 aliphatic rings. The Kier molecular flexibility index (Phi) is 4.64. The van der Waals surface area contributed by atoms with E-state index in [1.807, 2.05) is 0 Å². The third-order valence-electron chi connectivity index (χ3n) is 2.66. The van der Waals surface area contributed by atoms with E-state index in [9.17, 15) is 23.7 Å². The van der Waals surface area contributed by atoms with E-state index in [1.54, 1.807) is 0 Å². The number of ketones is 1. The van der Waals surface area contributed by atoms with Crippen molar-refractivity contribution in [1.82, 2.24) is 0 Å². The molecule has 0 saturated carbocycles. The summed E-state index contributed by atoms with van der Waals surface area (Å²) in [5.74, 6) is -2.63. The van der Waals surface area contributed by atoms with Crippen molar-refractivity contribution >= 4 is 23.2 Å². The van der Waals surface area contributed by atoms with Crippen LogP contribution in [-0.4, -0.2) is 16.5 Å². The second-order valence-corrected chi connectivity index (χ2v) is 5.11. The van der Waals surface area contributed by atoms with Crippen LogP contribution in [0, 0.1) is 21.7 Å². The van der Waals surface area contributed by atoms with Gasteiger partial charge >= 0.3 is 0 Å². The van der Waals surface area contributed by atoms with E-state index in [1.165, 1.54) is 30.3 Å². The lowest BCUT2D eigenvalue weighted by Gasteiger charge is -2.04. The van der Waals surface area contributed by atoms with E-state index in [-0.39, 0.29) is 11.4 Å². The van der Waals surface area contributed by atoms with E-state index in [0.29, 0.717) is 4.90 Å². The molecule has 0 heterocycles. The first kappa shape index (κ1) is 15.1. The van der Waals surface area contributed by atoms with E-state index in [2.05, 4.69) is 0 Å². The van der Waals surface area contributed by atoms with Crippen molar-refractivity contribution in [2.45, 2.75) is 4.90 Å². The number of non-ortho nitro benzene ring substituents is 1. The molecule has 108 valence electrons. The largest absolute Gasteiger partial charge is 0.293 e. The molecule has 0 unspecified atom stereocenters. The Balaban J connectivity index is 2.06. The number of hydrogen-bond acceptors (Lipinski definition) is 4. The van der Waals surface area contributed by atoms with Gasteiger partial charge in [-0.25, -0.2) is 8.78 Å². The Morgan fingerprint density at radius 2 is 1.67 bits per heavy atom. The molecule has 0 aliphatic carbocycles. The lowest BCUT2D eigenvalue weighted by Crippen LogP contribution is -2.08. The summed E-state index contributed by atoms with van der Waals surface area (Å²) in [6, 6.07) is 8.79. The topological polar surface area (TPSA) is 60.2 Å². The molecule has 4 nitrogen and oxygen atoms in total. The van der Waals surface area contributed by atoms with Crippen LogP contribution in [0.4, 0.5) is 14.5 Å². The molecule has 0 bridgehead atoms. The summed E-state index contributed by atoms with van der Waals surface area (Å²) in [6.07, 6.45) is 0. The highest BCUT2D eigenvalue weighted by molar-refractivity contribution is 8.00. The molecule has 0 amide bonds. The second kappa shape index (κ2) is 6.45. The number of nitrogens with zero attached hydrogens (tertiary/aromatic N) is 1. The number of carbonyl (C=O) groups excluding carboxylic acids is 1. The summed E-state index contributed by atoms with van der Waals surface area (Å²) >= 11 is 1.06. The van der Waals surface area contributed by atoms with Gasteiger partial charge in [-0.15, -0.1) is 11.8 Å². The number of nitro benzene ring substituents is 1. The fraction of sp³-hybridized carbons (Fsp3) is 0.0714. The van der Waals surface area contributed by atoms with Gasteiger partial charge in [0.2, 0.25) is 0 Å². The molecule has 0 atom stereocenters. The monoisotopic (exact) mass is 309 g/mol. The molecule has 2 rings (SSSR count). The molecule has 2 aromatic carbocycles. The minimum atomic E-state index is -0.899. The van der Waals surface area contributed by atoms with E-state index in [0.717, 1.165) is 23.9 Å². The minimum absolute atomic E-state index is 0.0641. The first-order chi connectivity index (χ1) is 9.99. The lowest BCUT2D eigenvalue weighted by atomic mass is 10.1. The fourth-order valence-electron chi connectivity index (χ4n) is 1.65. The standard InChI is InChI=1S/C14H9F2NO3S/c15-11-2-1-3-12(16)14(11)13(18)8-21-10-6-4-9(5-7-10)17(19)20/h1-7H,8H2. The van der Waals surface area contributed by atoms with Crippen LogP contribution in [0.3, 0.4) is 0 Å². The Bertz CT molecular complexity index is 669. The van der Waals surface area contributed by atoms with Gasteiger partial charge < -0.3 is 0 Å². The Morgan fingerprint density at radius 1 is 1.10 bits per heavy atom. The van der Waals surface area contributed by atoms with E-state index < -0.39 is 27.9 Å². The normalized spacial score (nSPS) is 10.4. The fourth-order valence-corrected chi connectivity index (χ4v) is 2.42. The van der Waals surface area contributed by atoms with Crippen LogP contribution in [0.25, 0.3) is 0 Å². The molecule has 2 aromatic rings. The smallest absolute Gasteiger partial charge is 0.269 e. The summed E-state index contributed by atoms with van der Waals surface area (Å²) in [7, 11) is 0. The number of Topliss-reactive ketones (excluding diaryl/α,β-unsaturated/α-hetero) is 1. The highest BCUT2D eigenvalue weighted by atomic mass is 32.2. The van der Waals surface area contributed by atoms with Crippen molar-refractivity contribution in [2.75, 3.05) is 5.75 Å². The number of nitro groups is 1. The van der Waals surface area contributed by atoms with Crippen molar-refractivity contribution in [3.8, 4) is 0 Å². The van der Waals surface area contributed by atoms with Gasteiger partial charge in [0.15, 0.2) is 5.78 Å². The van der Waals surface area contributed by atoms with Crippen LogP contribution < -0.4 is 0 Å². The average Bonchev–Trinajstić information content (AvgIpc) is 2.45. The number of rotatable bonds is 5. The van der Waals surface area contributed by atoms with Crippen LogP contribution in [0.1, 0.15) is 10.4 Å². The molecule has 0 fully saturated rings. The molecule has 0 radical (unpaired) electrons. The predicted octanol–water partition coefficient (Wildman–Crippen LogP) is 3.85. The first-order valence-corrected chi connectivity index (χ1v) is 6.82. The molecule has 0 aliphatic heterocycles. The number of carbonyl (C=O) groups is 1. The van der Waals surface area contributed by atoms with Gasteiger partial charge in [0, 0.05) is 17.0 Å². The van der Waals surface area contributed by atoms with Crippen molar-refractivity contribution in [3.63, 3.8) is 0 Å². The highest BCUT2D eigenvalue weighted by Crippen LogP contribution is 2.23. The zero-order valence-corrected chi connectivity index (χ0v) is 11.4. The van der Waals surface area contributed by atoms with Crippen LogP contribution >= 0.6 is 11.8 Å². The van der Waals surface area contributed by atoms with Gasteiger partial charge in [-0.3, -0.25) is 14.9 Å². The van der Waals surface area contributed by atoms with Crippen molar-refractivity contribution < 1.29 is 18.5 Å². The molecule has 0 N–H and O–H groups in total. The number of thioether (sulfide) groups is 1. The molecule has 0 aromatic heterocycles. The molecular weight excluding hydrogens is 300 g/mol. The van der Waals surface area contributed by atoms with Crippen LogP contribution in [0.5, 0.6) is 0 Å². The Morgan fingerprint density at radius 3 is 2.19 bits per heavy atom. The number of benzene rings is 2. The quantitative estimate of drug-likeness (QED) is 0.364. The summed E-state index contributed by atoms with van der Waals surface area (Å²) in [5, 5.41) is 10.5. The summed E-state index contributed by atoms with van der Waals surface area (Å²) in [5.41, 5.74) is -0.627. The zero-order chi connectivity index (χ0) is 15.4. The van der Waals surface area contributed by atoms with Gasteiger partial charge in [-0.2, -0.15) is 0 Å². The van der Waals surface area contributed by atoms with Gasteiger partial charge in [-0.05, 0) is 24.3 Å². The van der Waals surface area contributed by atoms with Crippen LogP contribution in [0.2, 0.25) is 0 Å². The maximum Gasteiger partial charge on any atom is 0.269 e. The Labute approximate surface area is 122 Å². The van der Waals surface area contributed by atoms with Gasteiger partial charge in [0.25, 0.3) is 5.69 Å². The summed E-state index contributed by atoms with van der Waals surface area (Å²) in [4.78, 5) is 22.4.